The molecule has 0 radical (unpaired) electrons. The van der Waals surface area contributed by atoms with Crippen molar-refractivity contribution in [2.75, 3.05) is 17.4 Å². The normalized spacial score (nSPS) is 11.1. The van der Waals surface area contributed by atoms with Gasteiger partial charge in [0.05, 0.1) is 10.6 Å². The first kappa shape index (κ1) is 21.6. The minimum atomic E-state index is -3.89. The number of benzene rings is 3. The molecule has 5 nitrogen and oxygen atoms in total. The molecule has 0 atom stereocenters. The lowest BCUT2D eigenvalue weighted by atomic mass is 10.1. The fraction of sp³-hybridized carbons (Fsp3) is 0.208. The highest BCUT2D eigenvalue weighted by Crippen LogP contribution is 2.25. The molecule has 6 heteroatoms. The minimum Gasteiger partial charge on any atom is -0.354 e. The van der Waals surface area contributed by atoms with Crippen LogP contribution in [0, 0.1) is 13.8 Å². The summed E-state index contributed by atoms with van der Waals surface area (Å²) in [6.07, 6.45) is 0.682. The van der Waals surface area contributed by atoms with Crippen molar-refractivity contribution in [3.05, 3.63) is 95.6 Å². The molecular weight excluding hydrogens is 396 g/mol. The number of carbonyl (C=O) groups is 1. The average Bonchev–Trinajstić information content (AvgIpc) is 2.72. The van der Waals surface area contributed by atoms with Crippen LogP contribution in [0.3, 0.4) is 0 Å². The number of hydrogen-bond acceptors (Lipinski definition) is 3. The van der Waals surface area contributed by atoms with Crippen molar-refractivity contribution in [3.8, 4) is 0 Å². The standard InChI is InChI=1S/C24H26N2O3S/c1-19-15-20(2)17-22(16-19)26(30(28,29)23-11-7-4-8-12-23)18-24(27)25-14-13-21-9-5-3-6-10-21/h3-12,15-17H,13-14,18H2,1-2H3,(H,25,27). The van der Waals surface area contributed by atoms with Gasteiger partial charge in [0.25, 0.3) is 10.0 Å². The zero-order valence-electron chi connectivity index (χ0n) is 17.2. The van der Waals surface area contributed by atoms with E-state index < -0.39 is 10.0 Å². The number of sulfonamides is 1. The van der Waals surface area contributed by atoms with Gasteiger partial charge in [-0.2, -0.15) is 0 Å². The second kappa shape index (κ2) is 9.59. The van der Waals surface area contributed by atoms with Gasteiger partial charge in [-0.3, -0.25) is 9.10 Å². The van der Waals surface area contributed by atoms with E-state index in [1.54, 1.807) is 30.3 Å². The predicted octanol–water partition coefficient (Wildman–Crippen LogP) is 3.86. The molecule has 0 aliphatic rings. The van der Waals surface area contributed by atoms with Crippen molar-refractivity contribution in [1.82, 2.24) is 5.32 Å². The first-order valence-electron chi connectivity index (χ1n) is 9.83. The van der Waals surface area contributed by atoms with E-state index in [-0.39, 0.29) is 17.3 Å². The molecule has 156 valence electrons. The zero-order valence-corrected chi connectivity index (χ0v) is 18.0. The van der Waals surface area contributed by atoms with Gasteiger partial charge in [-0.25, -0.2) is 8.42 Å². The number of anilines is 1. The van der Waals surface area contributed by atoms with E-state index in [9.17, 15) is 13.2 Å². The summed E-state index contributed by atoms with van der Waals surface area (Å²) in [5, 5.41) is 2.84. The number of aryl methyl sites for hydroxylation is 2. The largest absolute Gasteiger partial charge is 0.354 e. The molecule has 0 saturated heterocycles. The molecule has 0 fully saturated rings. The summed E-state index contributed by atoms with van der Waals surface area (Å²) in [6, 6.07) is 23.6. The summed E-state index contributed by atoms with van der Waals surface area (Å²) in [7, 11) is -3.89. The number of rotatable bonds is 8. The first-order valence-corrected chi connectivity index (χ1v) is 11.3. The molecule has 30 heavy (non-hydrogen) atoms. The summed E-state index contributed by atoms with van der Waals surface area (Å²) < 4.78 is 27.8. The summed E-state index contributed by atoms with van der Waals surface area (Å²) >= 11 is 0. The van der Waals surface area contributed by atoms with Crippen molar-refractivity contribution in [2.24, 2.45) is 0 Å². The highest BCUT2D eigenvalue weighted by atomic mass is 32.2. The van der Waals surface area contributed by atoms with E-state index in [0.717, 1.165) is 16.7 Å². The summed E-state index contributed by atoms with van der Waals surface area (Å²) in [6.45, 7) is 3.97. The number of nitrogens with zero attached hydrogens (tertiary/aromatic N) is 1. The molecule has 0 aliphatic heterocycles. The second-order valence-electron chi connectivity index (χ2n) is 7.26. The molecular formula is C24H26N2O3S. The Balaban J connectivity index is 1.81. The Labute approximate surface area is 178 Å². The van der Waals surface area contributed by atoms with E-state index in [4.69, 9.17) is 0 Å². The average molecular weight is 423 g/mol. The molecule has 0 spiro atoms. The van der Waals surface area contributed by atoms with Gasteiger partial charge in [0, 0.05) is 6.54 Å². The molecule has 0 aromatic heterocycles. The van der Waals surface area contributed by atoms with Crippen molar-refractivity contribution in [3.63, 3.8) is 0 Å². The molecule has 0 bridgehead atoms. The Hall–Kier alpha value is -3.12. The topological polar surface area (TPSA) is 66.5 Å². The molecule has 0 unspecified atom stereocenters. The lowest BCUT2D eigenvalue weighted by molar-refractivity contribution is -0.119. The zero-order chi connectivity index (χ0) is 21.6. The van der Waals surface area contributed by atoms with E-state index in [2.05, 4.69) is 5.32 Å². The smallest absolute Gasteiger partial charge is 0.264 e. The van der Waals surface area contributed by atoms with Crippen LogP contribution in [0.4, 0.5) is 5.69 Å². The Bertz CT molecular complexity index is 1080. The third-order valence-corrected chi connectivity index (χ3v) is 6.48. The molecule has 0 heterocycles. The Morgan fingerprint density at radius 3 is 2.03 bits per heavy atom. The van der Waals surface area contributed by atoms with E-state index in [1.165, 1.54) is 16.4 Å². The van der Waals surface area contributed by atoms with Gasteiger partial charge in [0.15, 0.2) is 0 Å². The molecule has 3 rings (SSSR count). The number of carbonyl (C=O) groups excluding carboxylic acids is 1. The maximum Gasteiger partial charge on any atom is 0.264 e. The van der Waals surface area contributed by atoms with Gasteiger partial charge in [0.1, 0.15) is 6.54 Å². The monoisotopic (exact) mass is 422 g/mol. The van der Waals surface area contributed by atoms with Crippen LogP contribution in [0.15, 0.2) is 83.8 Å². The first-order chi connectivity index (χ1) is 14.4. The maximum atomic E-state index is 13.3. The van der Waals surface area contributed by atoms with Gasteiger partial charge in [-0.15, -0.1) is 0 Å². The van der Waals surface area contributed by atoms with Gasteiger partial charge >= 0.3 is 0 Å². The molecule has 0 saturated carbocycles. The van der Waals surface area contributed by atoms with Gasteiger partial charge in [-0.05, 0) is 61.2 Å². The van der Waals surface area contributed by atoms with Crippen molar-refractivity contribution >= 4 is 21.6 Å². The third-order valence-electron chi connectivity index (χ3n) is 4.69. The highest BCUT2D eigenvalue weighted by molar-refractivity contribution is 7.92. The molecule has 1 N–H and O–H groups in total. The SMILES string of the molecule is Cc1cc(C)cc(N(CC(=O)NCCc2ccccc2)S(=O)(=O)c2ccccc2)c1. The van der Waals surface area contributed by atoms with Gasteiger partial charge < -0.3 is 5.32 Å². The Kier molecular flexibility index (Phi) is 6.90. The van der Waals surface area contributed by atoms with Crippen molar-refractivity contribution < 1.29 is 13.2 Å². The molecule has 3 aromatic carbocycles. The van der Waals surface area contributed by atoms with Crippen molar-refractivity contribution in [1.29, 1.82) is 0 Å². The van der Waals surface area contributed by atoms with Crippen LogP contribution in [-0.2, 0) is 21.2 Å². The molecule has 3 aromatic rings. The lowest BCUT2D eigenvalue weighted by Crippen LogP contribution is -2.41. The third kappa shape index (κ3) is 5.48. The molecule has 0 aliphatic carbocycles. The van der Waals surface area contributed by atoms with Gasteiger partial charge in [0.2, 0.25) is 5.91 Å². The number of nitrogens with one attached hydrogen (secondary N) is 1. The maximum absolute atomic E-state index is 13.3. The van der Waals surface area contributed by atoms with Gasteiger partial charge in [-0.1, -0.05) is 54.6 Å². The Morgan fingerprint density at radius 1 is 0.867 bits per heavy atom. The summed E-state index contributed by atoms with van der Waals surface area (Å²) in [5.41, 5.74) is 3.46. The van der Waals surface area contributed by atoms with Crippen LogP contribution >= 0.6 is 0 Å². The quantitative estimate of drug-likeness (QED) is 0.599. The number of hydrogen-bond donors (Lipinski definition) is 1. The Morgan fingerprint density at radius 2 is 1.43 bits per heavy atom. The van der Waals surface area contributed by atoms with Crippen LogP contribution < -0.4 is 9.62 Å². The van der Waals surface area contributed by atoms with E-state index >= 15 is 0 Å². The summed E-state index contributed by atoms with van der Waals surface area (Å²) in [4.78, 5) is 12.8. The predicted molar refractivity (Wildman–Crippen MR) is 120 cm³/mol. The van der Waals surface area contributed by atoms with E-state index in [1.807, 2.05) is 50.2 Å². The van der Waals surface area contributed by atoms with Crippen LogP contribution in [0.1, 0.15) is 16.7 Å². The minimum absolute atomic E-state index is 0.154. The van der Waals surface area contributed by atoms with E-state index in [0.29, 0.717) is 18.7 Å². The van der Waals surface area contributed by atoms with Crippen LogP contribution in [0.5, 0.6) is 0 Å². The summed E-state index contributed by atoms with van der Waals surface area (Å²) in [5.74, 6) is -0.343. The van der Waals surface area contributed by atoms with Crippen molar-refractivity contribution in [2.45, 2.75) is 25.2 Å². The number of amides is 1. The van der Waals surface area contributed by atoms with Crippen LogP contribution in [0.25, 0.3) is 0 Å². The van der Waals surface area contributed by atoms with Crippen LogP contribution in [0.2, 0.25) is 0 Å². The lowest BCUT2D eigenvalue weighted by Gasteiger charge is -2.25. The second-order valence-corrected chi connectivity index (χ2v) is 9.12. The highest BCUT2D eigenvalue weighted by Gasteiger charge is 2.27. The fourth-order valence-electron chi connectivity index (χ4n) is 3.31. The molecule has 1 amide bonds. The fourth-order valence-corrected chi connectivity index (χ4v) is 4.73. The van der Waals surface area contributed by atoms with Crippen LogP contribution in [-0.4, -0.2) is 27.4 Å².